The first kappa shape index (κ1) is 107. The number of carboxylic acids is 1. The molecule has 5 heterocycles. The van der Waals surface area contributed by atoms with Crippen LogP contribution in [0.2, 0.25) is 0 Å². The Morgan fingerprint density at radius 3 is 1.73 bits per heavy atom. The van der Waals surface area contributed by atoms with Crippen LogP contribution in [0.3, 0.4) is 0 Å². The number of carbonyl (C=O) groups is 19. The average Bonchev–Trinajstić information content (AvgIpc) is 1.81. The molecule has 0 saturated carbocycles. The van der Waals surface area contributed by atoms with Crippen LogP contribution in [-0.4, -0.2) is 330 Å². The highest BCUT2D eigenvalue weighted by Gasteiger charge is 2.47. The minimum absolute atomic E-state index is 0.0221. The summed E-state index contributed by atoms with van der Waals surface area (Å²) in [6, 6.07) is -3.50. The molecule has 18 amide bonds. The molecular weight excluding hydrogens is 1780 g/mol. The lowest BCUT2D eigenvalue weighted by molar-refractivity contribution is -0.149. The second-order valence-electron chi connectivity index (χ2n) is 34.4. The standard InChI is InChI=1S/C90H126N20O24S/c1-10-12-22-68-83(126)98-59(33-48(3)4)79(122)104-66(78(121)95-40-74(93)116)46-135-47-75(117)96-61(34-50-26-28-54(134-9)29-27-50)86(129)105(6)49(5)77(120)100-63(38-73(92)115)89(132)109-32-18-25-69(109)84(127)103-65(45-112)81(124)97-58(30-31-72(91)114)88(131)110-42-53(113)37-71(110)85(128)99-60(35-51-39-94-57-21-16-14-19-55(51)57)80(123)102-64(44-111)82(125)101-62(87(130)107(8)70(23-13-11-2)90(133)106(68)7)36-52-41-108(43-76(118)119)67-24-17-15-20-56(52)67/h14-17,19-21,24,26-29,39,41,48-49,53,58-66,68-71,94,111-113H,10-13,18,22-23,25,30-38,40,42-47H2,1-9H3,(H2,91,114)(H2,92,115)(H2,93,116)(H,95,121)(H,96,117)(H,97,124)(H,98,126)(H,99,128)(H,100,120)(H,101,125)(H,102,123)(H,103,127)(H,104,122)(H,118,119)/t49-,53+,58-,59-,60-,61-,62-,63-,64-,65-,66-,68-,69-,70-,71-/m0/s1. The molecule has 3 aromatic carbocycles. The molecule has 0 bridgehead atoms. The molecule has 8 rings (SSSR count). The number of aliphatic hydroxyl groups excluding tert-OH is 3. The monoisotopic (exact) mass is 1900 g/mol. The van der Waals surface area contributed by atoms with Crippen molar-refractivity contribution in [3.05, 3.63) is 102 Å². The lowest BCUT2D eigenvalue weighted by atomic mass is 9.99. The molecule has 0 spiro atoms. The van der Waals surface area contributed by atoms with Crippen molar-refractivity contribution >= 4 is 146 Å². The fourth-order valence-electron chi connectivity index (χ4n) is 16.5. The summed E-state index contributed by atoms with van der Waals surface area (Å²) in [4.78, 5) is 282. The normalized spacial score (nSPS) is 24.7. The Morgan fingerprint density at radius 2 is 1.10 bits per heavy atom. The molecule has 3 saturated heterocycles. The number of rotatable bonds is 27. The summed E-state index contributed by atoms with van der Waals surface area (Å²) in [6.45, 7) is 3.92. The number of hydrogen-bond donors (Lipinski definition) is 18. The summed E-state index contributed by atoms with van der Waals surface area (Å²) < 4.78 is 6.72. The van der Waals surface area contributed by atoms with E-state index in [0.717, 1.165) is 36.3 Å². The first-order valence-electron chi connectivity index (χ1n) is 44.8. The van der Waals surface area contributed by atoms with E-state index in [1.807, 2.05) is 13.8 Å². The van der Waals surface area contributed by atoms with Crippen LogP contribution in [-0.2, 0) is 117 Å². The number of likely N-dealkylation sites (N-methyl/N-ethyl adjacent to an activating group) is 3. The second kappa shape index (κ2) is 50.7. The van der Waals surface area contributed by atoms with Gasteiger partial charge in [-0.25, -0.2) is 0 Å². The minimum Gasteiger partial charge on any atom is -0.497 e. The molecule has 3 aliphatic heterocycles. The molecule has 736 valence electrons. The van der Waals surface area contributed by atoms with Gasteiger partial charge in [-0.15, -0.1) is 11.8 Å². The quantitative estimate of drug-likeness (QED) is 0.0238. The summed E-state index contributed by atoms with van der Waals surface area (Å²) in [5, 5.41) is 69.9. The van der Waals surface area contributed by atoms with Crippen LogP contribution < -0.4 is 75.1 Å². The largest absolute Gasteiger partial charge is 0.497 e. The van der Waals surface area contributed by atoms with Gasteiger partial charge >= 0.3 is 5.97 Å². The van der Waals surface area contributed by atoms with Gasteiger partial charge in [0.05, 0.1) is 45.1 Å². The number of para-hydroxylation sites is 2. The number of amides is 18. The fourth-order valence-corrected chi connectivity index (χ4v) is 17.4. The fraction of sp³-hybridized carbons (Fsp3) is 0.544. The van der Waals surface area contributed by atoms with Crippen molar-refractivity contribution in [1.82, 2.24) is 87.2 Å². The molecule has 135 heavy (non-hydrogen) atoms. The first-order chi connectivity index (χ1) is 64.1. The highest BCUT2D eigenvalue weighted by molar-refractivity contribution is 8.00. The van der Waals surface area contributed by atoms with Gasteiger partial charge < -0.3 is 130 Å². The van der Waals surface area contributed by atoms with Crippen molar-refractivity contribution in [2.24, 2.45) is 23.1 Å². The number of primary amides is 3. The highest BCUT2D eigenvalue weighted by atomic mass is 32.2. The Hall–Kier alpha value is -13.3. The predicted molar refractivity (Wildman–Crippen MR) is 490 cm³/mol. The van der Waals surface area contributed by atoms with Crippen molar-refractivity contribution in [3.8, 4) is 5.75 Å². The van der Waals surface area contributed by atoms with Crippen LogP contribution in [0.4, 0.5) is 0 Å². The van der Waals surface area contributed by atoms with Crippen LogP contribution in [0.1, 0.15) is 135 Å². The molecule has 3 fully saturated rings. The van der Waals surface area contributed by atoms with Gasteiger partial charge in [-0.05, 0) is 92.3 Å². The first-order valence-corrected chi connectivity index (χ1v) is 46.0. The number of nitrogens with zero attached hydrogens (tertiary/aromatic N) is 6. The number of aromatic nitrogens is 2. The summed E-state index contributed by atoms with van der Waals surface area (Å²) in [5.74, 6) is -20.4. The van der Waals surface area contributed by atoms with Gasteiger partial charge in [-0.3, -0.25) is 91.1 Å². The van der Waals surface area contributed by atoms with Gasteiger partial charge in [0.2, 0.25) is 106 Å². The van der Waals surface area contributed by atoms with E-state index in [0.29, 0.717) is 63.5 Å². The summed E-state index contributed by atoms with van der Waals surface area (Å²) in [7, 11) is 5.25. The molecule has 0 radical (unpaired) electrons. The maximum atomic E-state index is 15.9. The zero-order chi connectivity index (χ0) is 99.4. The number of aliphatic carboxylic acids is 1. The maximum Gasteiger partial charge on any atom is 0.323 e. The number of nitrogens with one attached hydrogen (secondary N) is 11. The van der Waals surface area contributed by atoms with Crippen LogP contribution in [0, 0.1) is 5.92 Å². The molecule has 0 aliphatic carbocycles. The van der Waals surface area contributed by atoms with Crippen LogP contribution >= 0.6 is 11.8 Å². The zero-order valence-corrected chi connectivity index (χ0v) is 77.9. The molecule has 2 aromatic heterocycles. The molecule has 15 atom stereocenters. The van der Waals surface area contributed by atoms with E-state index in [1.54, 1.807) is 86.6 Å². The highest BCUT2D eigenvalue weighted by Crippen LogP contribution is 2.29. The molecule has 21 N–H and O–H groups in total. The lowest BCUT2D eigenvalue weighted by Crippen LogP contribution is -2.62. The van der Waals surface area contributed by atoms with E-state index in [9.17, 15) is 78.0 Å². The van der Waals surface area contributed by atoms with Gasteiger partial charge in [0.15, 0.2) is 0 Å². The number of thioether (sulfide) groups is 1. The second-order valence-corrected chi connectivity index (χ2v) is 35.4. The van der Waals surface area contributed by atoms with Crippen LogP contribution in [0.15, 0.2) is 85.2 Å². The third-order valence-corrected chi connectivity index (χ3v) is 25.0. The van der Waals surface area contributed by atoms with E-state index in [-0.39, 0.29) is 57.4 Å². The number of carboxylic acid groups (broad SMARTS) is 1. The van der Waals surface area contributed by atoms with E-state index < -0.39 is 286 Å². The lowest BCUT2D eigenvalue weighted by Gasteiger charge is -2.36. The number of hydrogen-bond acceptors (Lipinski definition) is 24. The van der Waals surface area contributed by atoms with Crippen LogP contribution in [0.5, 0.6) is 5.75 Å². The molecule has 44 nitrogen and oxygen atoms in total. The van der Waals surface area contributed by atoms with Gasteiger partial charge in [0.1, 0.15) is 96.9 Å². The number of fused-ring (bicyclic) bond motifs is 4. The third kappa shape index (κ3) is 29.6. The Balaban J connectivity index is 1.20. The molecular formula is C90H126N20O24S. The van der Waals surface area contributed by atoms with Gasteiger partial charge in [-0.1, -0.05) is 102 Å². The van der Waals surface area contributed by atoms with Gasteiger partial charge in [0, 0.05) is 106 Å². The summed E-state index contributed by atoms with van der Waals surface area (Å²) >= 11 is 0.780. The molecule has 0 unspecified atom stereocenters. The van der Waals surface area contributed by atoms with E-state index >= 15 is 33.6 Å². The number of aromatic amines is 1. The Morgan fingerprint density at radius 1 is 0.556 bits per heavy atom. The van der Waals surface area contributed by atoms with Crippen molar-refractivity contribution in [3.63, 3.8) is 0 Å². The minimum atomic E-state index is -2.00. The van der Waals surface area contributed by atoms with Gasteiger partial charge in [0.25, 0.3) is 0 Å². The Kier molecular flexibility index (Phi) is 40.2. The van der Waals surface area contributed by atoms with Crippen molar-refractivity contribution in [1.29, 1.82) is 0 Å². The third-order valence-electron chi connectivity index (χ3n) is 23.9. The van der Waals surface area contributed by atoms with E-state index in [2.05, 4.69) is 58.2 Å². The van der Waals surface area contributed by atoms with E-state index in [4.69, 9.17) is 21.9 Å². The summed E-state index contributed by atoms with van der Waals surface area (Å²) in [6.07, 6.45) is -0.784. The number of benzene rings is 3. The number of nitrogens with two attached hydrogens (primary N) is 3. The predicted octanol–water partition coefficient (Wildman–Crippen LogP) is -4.04. The topological polar surface area (TPSA) is 650 Å². The number of carbonyl (C=O) groups excluding carboxylic acids is 18. The van der Waals surface area contributed by atoms with Crippen molar-refractivity contribution < 1.29 is 116 Å². The van der Waals surface area contributed by atoms with Crippen molar-refractivity contribution in [2.45, 2.75) is 235 Å². The molecule has 45 heteroatoms. The van der Waals surface area contributed by atoms with E-state index in [1.165, 1.54) is 52.1 Å². The van der Waals surface area contributed by atoms with Crippen LogP contribution in [0.25, 0.3) is 21.8 Å². The summed E-state index contributed by atoms with van der Waals surface area (Å²) in [5.41, 5.74) is 18.8. The average molecular weight is 1900 g/mol. The maximum absolute atomic E-state index is 15.9. The van der Waals surface area contributed by atoms with Gasteiger partial charge in [-0.2, -0.15) is 0 Å². The van der Waals surface area contributed by atoms with Crippen molar-refractivity contribution in [2.75, 3.05) is 72.6 Å². The Labute approximate surface area is 783 Å². The number of aliphatic hydroxyl groups is 3. The number of unbranched alkanes of at least 4 members (excludes halogenated alkanes) is 2. The number of H-pyrrole nitrogens is 1. The smallest absolute Gasteiger partial charge is 0.323 e. The zero-order valence-electron chi connectivity index (χ0n) is 77.1. The molecule has 5 aromatic rings. The molecule has 3 aliphatic rings. The Bertz CT molecular complexity index is 5130. The number of ether oxygens (including phenoxy) is 1. The SMILES string of the molecule is CCCC[C@H]1C(=O)N(C)[C@@H](CCCC)C(=O)N[C@@H](CC(C)C)C(=O)N[C@H](C(=O)NCC(N)=O)CSCC(=O)N[C@@H](Cc2ccc(OC)cc2)C(=O)N(C)[C@@H](C)C(=O)N[C@@H](CC(N)=O)C(=O)N2CCC[C@H]2C(=O)N[C@@H](CO)C(=O)N[C@@H](CCC(N)=O)C(=O)N2C[C@H](O)C[C@H]2C(=O)N[C@@H](Cc2c[nH]c3ccccc23)C(=O)N[C@@H](CO)C(=O)N[C@@H](Cc2cn(CC(=O)O)c3ccccc23)C(=O)N1C. The number of methoxy groups -OCH3 is 1.